The summed E-state index contributed by atoms with van der Waals surface area (Å²) >= 11 is 0. The van der Waals surface area contributed by atoms with Gasteiger partial charge in [-0.25, -0.2) is 0 Å². The van der Waals surface area contributed by atoms with Gasteiger partial charge < -0.3 is 30.3 Å². The van der Waals surface area contributed by atoms with E-state index in [0.717, 1.165) is 7.11 Å². The molecule has 0 saturated heterocycles. The zero-order valence-electron chi connectivity index (χ0n) is 7.37. The molecule has 0 bridgehead atoms. The van der Waals surface area contributed by atoms with Crippen molar-refractivity contribution in [1.82, 2.24) is 0 Å². The molecule has 0 fully saturated rings. The van der Waals surface area contributed by atoms with E-state index < -0.39 is 24.6 Å². The van der Waals surface area contributed by atoms with Gasteiger partial charge in [0.15, 0.2) is 6.29 Å². The number of rotatable bonds is 6. The van der Waals surface area contributed by atoms with Gasteiger partial charge in [0.1, 0.15) is 12.2 Å². The molecule has 13 heavy (non-hydrogen) atoms. The minimum Gasteiger partial charge on any atom is -0.396 e. The van der Waals surface area contributed by atoms with Crippen molar-refractivity contribution in [1.29, 1.82) is 0 Å². The van der Waals surface area contributed by atoms with Crippen LogP contribution in [0, 0.1) is 0 Å². The van der Waals surface area contributed by atoms with Crippen molar-refractivity contribution in [2.24, 2.45) is 0 Å². The number of methoxy groups -OCH3 is 1. The number of ether oxygens (including phenoxy) is 1. The van der Waals surface area contributed by atoms with Crippen LogP contribution >= 0.6 is 0 Å². The lowest BCUT2D eigenvalue weighted by molar-refractivity contribution is -0.191. The topological polar surface area (TPSA) is 110 Å². The van der Waals surface area contributed by atoms with E-state index >= 15 is 0 Å². The Kier molecular flexibility index (Phi) is 6.13. The van der Waals surface area contributed by atoms with Crippen molar-refractivity contribution >= 4 is 0 Å². The molecule has 0 aromatic carbocycles. The fourth-order valence-electron chi connectivity index (χ4n) is 0.839. The summed E-state index contributed by atoms with van der Waals surface area (Å²) in [6, 6.07) is 0. The molecule has 80 valence electrons. The van der Waals surface area contributed by atoms with Gasteiger partial charge in [-0.05, 0) is 6.42 Å². The molecule has 0 rings (SSSR count). The molecule has 5 N–H and O–H groups in total. The van der Waals surface area contributed by atoms with Crippen LogP contribution in [0.4, 0.5) is 0 Å². The predicted molar refractivity (Wildman–Crippen MR) is 42.7 cm³/mol. The molecule has 6 heteroatoms. The molecule has 0 amide bonds. The van der Waals surface area contributed by atoms with Crippen molar-refractivity contribution in [3.63, 3.8) is 0 Å². The zero-order chi connectivity index (χ0) is 10.4. The van der Waals surface area contributed by atoms with Crippen LogP contribution in [-0.4, -0.2) is 63.9 Å². The average molecular weight is 196 g/mol. The second kappa shape index (κ2) is 6.25. The first-order valence-corrected chi connectivity index (χ1v) is 3.90. The lowest BCUT2D eigenvalue weighted by Gasteiger charge is -2.25. The molecule has 0 radical (unpaired) electrons. The van der Waals surface area contributed by atoms with Gasteiger partial charge in [-0.2, -0.15) is 0 Å². The summed E-state index contributed by atoms with van der Waals surface area (Å²) in [6.45, 7) is -0.311. The SMILES string of the molecule is CO[C@@H](O)[C@@H](O)C(O)[C@H](O)CCO. The standard InChI is InChI=1S/C7H16O6/c1-13-7(12)6(11)5(10)4(9)2-3-8/h4-12H,2-3H2,1H3/t4-,5?,6+,7-/m1/s1. The number of hydrogen-bond donors (Lipinski definition) is 5. The minimum absolute atomic E-state index is 0.0747. The Morgan fingerprint density at radius 3 is 2.00 bits per heavy atom. The maximum absolute atomic E-state index is 9.17. The molecule has 0 aromatic rings. The Balaban J connectivity index is 3.99. The summed E-state index contributed by atoms with van der Waals surface area (Å²) in [5, 5.41) is 44.7. The third-order valence-corrected chi connectivity index (χ3v) is 1.70. The Labute approximate surface area is 76.0 Å². The number of aliphatic hydroxyl groups is 5. The van der Waals surface area contributed by atoms with E-state index in [1.165, 1.54) is 0 Å². The minimum atomic E-state index is -1.59. The lowest BCUT2D eigenvalue weighted by atomic mass is 10.1. The fraction of sp³-hybridized carbons (Fsp3) is 1.00. The first-order chi connectivity index (χ1) is 6.04. The molecule has 0 aromatic heterocycles. The molecule has 0 aliphatic carbocycles. The summed E-state index contributed by atoms with van der Waals surface area (Å²) < 4.78 is 4.33. The summed E-state index contributed by atoms with van der Waals surface area (Å²) in [6.07, 6.45) is -6.05. The Morgan fingerprint density at radius 1 is 1.08 bits per heavy atom. The van der Waals surface area contributed by atoms with E-state index in [1.54, 1.807) is 0 Å². The van der Waals surface area contributed by atoms with Crippen molar-refractivity contribution in [3.05, 3.63) is 0 Å². The van der Waals surface area contributed by atoms with E-state index in [-0.39, 0.29) is 13.0 Å². The highest BCUT2D eigenvalue weighted by Crippen LogP contribution is 2.07. The van der Waals surface area contributed by atoms with E-state index in [2.05, 4.69) is 4.74 Å². The summed E-state index contributed by atoms with van der Waals surface area (Å²) in [5.74, 6) is 0. The van der Waals surface area contributed by atoms with Gasteiger partial charge in [0.2, 0.25) is 0 Å². The second-order valence-electron chi connectivity index (χ2n) is 2.69. The maximum Gasteiger partial charge on any atom is 0.183 e. The van der Waals surface area contributed by atoms with Crippen LogP contribution in [-0.2, 0) is 4.74 Å². The van der Waals surface area contributed by atoms with Crippen molar-refractivity contribution in [2.45, 2.75) is 31.0 Å². The van der Waals surface area contributed by atoms with Gasteiger partial charge in [0.25, 0.3) is 0 Å². The summed E-state index contributed by atoms with van der Waals surface area (Å²) in [7, 11) is 1.15. The quantitative estimate of drug-likeness (QED) is 0.298. The molecular formula is C7H16O6. The molecule has 0 heterocycles. The largest absolute Gasteiger partial charge is 0.396 e. The van der Waals surface area contributed by atoms with E-state index in [1.807, 2.05) is 0 Å². The van der Waals surface area contributed by atoms with Crippen LogP contribution in [0.2, 0.25) is 0 Å². The molecule has 4 atom stereocenters. The highest BCUT2D eigenvalue weighted by molar-refractivity contribution is 4.76. The first-order valence-electron chi connectivity index (χ1n) is 3.90. The lowest BCUT2D eigenvalue weighted by Crippen LogP contribution is -2.45. The Morgan fingerprint density at radius 2 is 1.62 bits per heavy atom. The number of hydrogen-bond acceptors (Lipinski definition) is 6. The van der Waals surface area contributed by atoms with Crippen LogP contribution < -0.4 is 0 Å². The van der Waals surface area contributed by atoms with Crippen LogP contribution in [0.1, 0.15) is 6.42 Å². The molecular weight excluding hydrogens is 180 g/mol. The highest BCUT2D eigenvalue weighted by atomic mass is 16.6. The fourth-order valence-corrected chi connectivity index (χ4v) is 0.839. The van der Waals surface area contributed by atoms with E-state index in [0.29, 0.717) is 0 Å². The van der Waals surface area contributed by atoms with E-state index in [9.17, 15) is 0 Å². The van der Waals surface area contributed by atoms with Gasteiger partial charge in [-0.1, -0.05) is 0 Å². The van der Waals surface area contributed by atoms with Crippen molar-refractivity contribution in [3.8, 4) is 0 Å². The normalized spacial score (nSPS) is 20.8. The second-order valence-corrected chi connectivity index (χ2v) is 2.69. The maximum atomic E-state index is 9.17. The van der Waals surface area contributed by atoms with Crippen LogP contribution in [0.25, 0.3) is 0 Å². The van der Waals surface area contributed by atoms with Crippen LogP contribution in [0.5, 0.6) is 0 Å². The van der Waals surface area contributed by atoms with Gasteiger partial charge in [-0.15, -0.1) is 0 Å². The highest BCUT2D eigenvalue weighted by Gasteiger charge is 2.29. The molecule has 1 unspecified atom stereocenters. The van der Waals surface area contributed by atoms with Gasteiger partial charge >= 0.3 is 0 Å². The Hall–Kier alpha value is -0.240. The van der Waals surface area contributed by atoms with Gasteiger partial charge in [-0.3, -0.25) is 0 Å². The van der Waals surface area contributed by atoms with Crippen molar-refractivity contribution in [2.75, 3.05) is 13.7 Å². The summed E-state index contributed by atoms with van der Waals surface area (Å²) in [5.41, 5.74) is 0. The molecule has 0 aliphatic rings. The smallest absolute Gasteiger partial charge is 0.183 e. The predicted octanol–water partition coefficient (Wildman–Crippen LogP) is -2.58. The Bertz CT molecular complexity index is 130. The molecule has 0 aliphatic heterocycles. The van der Waals surface area contributed by atoms with Gasteiger partial charge in [0.05, 0.1) is 6.10 Å². The first kappa shape index (κ1) is 12.8. The zero-order valence-corrected chi connectivity index (χ0v) is 7.37. The summed E-state index contributed by atoms with van der Waals surface area (Å²) in [4.78, 5) is 0. The third-order valence-electron chi connectivity index (χ3n) is 1.70. The monoisotopic (exact) mass is 196 g/mol. The average Bonchev–Trinajstić information content (AvgIpc) is 2.14. The third kappa shape index (κ3) is 3.99. The van der Waals surface area contributed by atoms with E-state index in [4.69, 9.17) is 25.5 Å². The molecule has 0 saturated carbocycles. The number of aliphatic hydroxyl groups excluding tert-OH is 5. The molecule has 6 nitrogen and oxygen atoms in total. The van der Waals surface area contributed by atoms with Crippen LogP contribution in [0.3, 0.4) is 0 Å². The van der Waals surface area contributed by atoms with Crippen molar-refractivity contribution < 1.29 is 30.3 Å². The van der Waals surface area contributed by atoms with Crippen LogP contribution in [0.15, 0.2) is 0 Å². The molecule has 0 spiro atoms. The van der Waals surface area contributed by atoms with Gasteiger partial charge in [0, 0.05) is 13.7 Å².